The van der Waals surface area contributed by atoms with Gasteiger partial charge in [-0.15, -0.1) is 0 Å². The maximum atomic E-state index is 2.12. The van der Waals surface area contributed by atoms with Crippen molar-refractivity contribution >= 4 is 0 Å². The average Bonchev–Trinajstić information content (AvgIpc) is 0.722. The van der Waals surface area contributed by atoms with Crippen molar-refractivity contribution in [3.63, 3.8) is 0 Å². The van der Waals surface area contributed by atoms with Gasteiger partial charge in [0.15, 0.2) is 0 Å². The second kappa shape index (κ2) is 5.24. The van der Waals surface area contributed by atoms with E-state index in [0.717, 1.165) is 4.48 Å². The van der Waals surface area contributed by atoms with Crippen LogP contribution in [-0.4, -0.2) is 32.7 Å². The Balaban J connectivity index is -0.0000000800. The van der Waals surface area contributed by atoms with Crippen LogP contribution in [0.4, 0.5) is 0 Å². The Morgan fingerprint density at radius 1 is 0.857 bits per heavy atom. The second-order valence-corrected chi connectivity index (χ2v) is 2.68. The molecule has 0 fully saturated rings. The molecule has 42 valence electrons. The molecule has 0 aromatic heterocycles. The number of nitrogens with zero attached hydrogens (tertiary/aromatic N) is 1. The smallest absolute Gasteiger partial charge is 0.333 e. The summed E-state index contributed by atoms with van der Waals surface area (Å²) in [4.78, 5) is 0. The van der Waals surface area contributed by atoms with Gasteiger partial charge in [-0.25, -0.2) is 0 Å². The molecule has 0 aromatic carbocycles. The Morgan fingerprint density at radius 2 is 0.857 bits per heavy atom. The summed E-state index contributed by atoms with van der Waals surface area (Å²) in [6.45, 7) is 0. The minimum atomic E-state index is 0. The first kappa shape index (κ1) is 15.7. The van der Waals surface area contributed by atoms with E-state index in [4.69, 9.17) is 0 Å². The molecular formula is C4H12CuNZn+4. The Kier molecular flexibility index (Phi) is 11.8. The summed E-state index contributed by atoms with van der Waals surface area (Å²) in [5, 5.41) is 0. The zero-order valence-electron chi connectivity index (χ0n) is 5.46. The first-order valence-corrected chi connectivity index (χ1v) is 1.79. The Hall–Kier alpha value is 1.10. The van der Waals surface area contributed by atoms with E-state index in [9.17, 15) is 0 Å². The van der Waals surface area contributed by atoms with Gasteiger partial charge >= 0.3 is 36.5 Å². The largest absolute Gasteiger partial charge is 2.00 e. The Morgan fingerprint density at radius 3 is 0.857 bits per heavy atom. The molecule has 0 saturated carbocycles. The minimum absolute atomic E-state index is 0. The Bertz CT molecular complexity index is 27.2. The normalized spacial score (nSPS) is 8.57. The molecule has 0 spiro atoms. The van der Waals surface area contributed by atoms with Gasteiger partial charge < -0.3 is 4.48 Å². The third-order valence-electron chi connectivity index (χ3n) is 0. The van der Waals surface area contributed by atoms with Crippen molar-refractivity contribution in [3.8, 4) is 0 Å². The molecule has 0 bridgehead atoms. The fourth-order valence-electron chi connectivity index (χ4n) is 0. The summed E-state index contributed by atoms with van der Waals surface area (Å²) in [5.41, 5.74) is 0. The third-order valence-corrected chi connectivity index (χ3v) is 0. The van der Waals surface area contributed by atoms with Crippen molar-refractivity contribution in [2.24, 2.45) is 0 Å². The molecular weight excluding hydrogens is 191 g/mol. The monoisotopic (exact) mass is 201 g/mol. The number of hydrogen-bond donors (Lipinski definition) is 0. The molecule has 0 amide bonds. The maximum absolute atomic E-state index is 2.12. The van der Waals surface area contributed by atoms with Crippen LogP contribution in [0.15, 0.2) is 0 Å². The van der Waals surface area contributed by atoms with E-state index < -0.39 is 0 Å². The van der Waals surface area contributed by atoms with Crippen LogP contribution in [0.1, 0.15) is 0 Å². The fourth-order valence-corrected chi connectivity index (χ4v) is 0. The fraction of sp³-hybridized carbons (Fsp3) is 1.00. The zero-order chi connectivity index (χ0) is 4.50. The molecule has 0 aliphatic carbocycles. The van der Waals surface area contributed by atoms with E-state index in [1.54, 1.807) is 0 Å². The van der Waals surface area contributed by atoms with E-state index in [0.29, 0.717) is 0 Å². The number of hydrogen-bond acceptors (Lipinski definition) is 0. The second-order valence-electron chi connectivity index (χ2n) is 2.68. The molecule has 1 nitrogen and oxygen atoms in total. The summed E-state index contributed by atoms with van der Waals surface area (Å²) in [6, 6.07) is 0. The predicted molar refractivity (Wildman–Crippen MR) is 24.0 cm³/mol. The van der Waals surface area contributed by atoms with Crippen LogP contribution < -0.4 is 0 Å². The molecule has 0 radical (unpaired) electrons. The van der Waals surface area contributed by atoms with Crippen LogP contribution in [-0.2, 0) is 36.5 Å². The van der Waals surface area contributed by atoms with E-state index >= 15 is 0 Å². The summed E-state index contributed by atoms with van der Waals surface area (Å²) < 4.78 is 1.00. The molecule has 0 aliphatic rings. The van der Waals surface area contributed by atoms with E-state index in [1.807, 2.05) is 0 Å². The van der Waals surface area contributed by atoms with Gasteiger partial charge in [-0.05, 0) is 0 Å². The molecule has 0 saturated heterocycles. The van der Waals surface area contributed by atoms with Crippen LogP contribution in [0.25, 0.3) is 0 Å². The summed E-state index contributed by atoms with van der Waals surface area (Å²) in [7, 11) is 8.50. The maximum Gasteiger partial charge on any atom is 2.00 e. The molecule has 0 rings (SSSR count). The molecule has 0 N–H and O–H groups in total. The third kappa shape index (κ3) is 152. The van der Waals surface area contributed by atoms with E-state index in [1.165, 1.54) is 0 Å². The number of rotatable bonds is 0. The summed E-state index contributed by atoms with van der Waals surface area (Å²) in [6.07, 6.45) is 0. The summed E-state index contributed by atoms with van der Waals surface area (Å²) in [5.74, 6) is 0. The molecule has 7 heavy (non-hydrogen) atoms. The van der Waals surface area contributed by atoms with Crippen molar-refractivity contribution in [1.82, 2.24) is 0 Å². The van der Waals surface area contributed by atoms with E-state index in [-0.39, 0.29) is 36.5 Å². The van der Waals surface area contributed by atoms with Crippen LogP contribution in [0, 0.1) is 0 Å². The van der Waals surface area contributed by atoms with Crippen LogP contribution in [0.5, 0.6) is 0 Å². The Labute approximate surface area is 69.3 Å². The molecule has 0 atom stereocenters. The zero-order valence-corrected chi connectivity index (χ0v) is 9.36. The van der Waals surface area contributed by atoms with Gasteiger partial charge in [0.1, 0.15) is 0 Å². The first-order valence-electron chi connectivity index (χ1n) is 1.79. The van der Waals surface area contributed by atoms with Gasteiger partial charge in [0.05, 0.1) is 28.2 Å². The van der Waals surface area contributed by atoms with Gasteiger partial charge in [0.2, 0.25) is 0 Å². The van der Waals surface area contributed by atoms with Crippen LogP contribution in [0.3, 0.4) is 0 Å². The quantitative estimate of drug-likeness (QED) is 0.393. The standard InChI is InChI=1S/C4H12N.Cu.Zn/c1-5(2,3)4;;/h1-4H3;;/q2*+1;+2. The summed E-state index contributed by atoms with van der Waals surface area (Å²) >= 11 is 0. The van der Waals surface area contributed by atoms with Crippen molar-refractivity contribution in [1.29, 1.82) is 0 Å². The molecule has 3 heteroatoms. The SMILES string of the molecule is C[N+](C)(C)C.[Cu+].[Zn+2]. The van der Waals surface area contributed by atoms with Gasteiger partial charge in [-0.1, -0.05) is 0 Å². The molecule has 0 aromatic rings. The van der Waals surface area contributed by atoms with Gasteiger partial charge in [0.25, 0.3) is 0 Å². The van der Waals surface area contributed by atoms with Crippen molar-refractivity contribution in [2.75, 3.05) is 28.2 Å². The molecule has 0 unspecified atom stereocenters. The first-order chi connectivity index (χ1) is 2.00. The average molecular weight is 203 g/mol. The van der Waals surface area contributed by atoms with E-state index in [2.05, 4.69) is 28.2 Å². The number of quaternary nitrogens is 1. The van der Waals surface area contributed by atoms with Crippen LogP contribution in [0.2, 0.25) is 0 Å². The van der Waals surface area contributed by atoms with Gasteiger partial charge in [-0.3, -0.25) is 0 Å². The molecule has 0 heterocycles. The topological polar surface area (TPSA) is 0 Å². The predicted octanol–water partition coefficient (Wildman–Crippen LogP) is 0.317. The van der Waals surface area contributed by atoms with Crippen LogP contribution >= 0.6 is 0 Å². The van der Waals surface area contributed by atoms with Gasteiger partial charge in [-0.2, -0.15) is 0 Å². The minimum Gasteiger partial charge on any atom is -0.333 e. The van der Waals surface area contributed by atoms with Crippen molar-refractivity contribution in [3.05, 3.63) is 0 Å². The van der Waals surface area contributed by atoms with Crippen molar-refractivity contribution in [2.45, 2.75) is 0 Å². The molecule has 0 aliphatic heterocycles. The van der Waals surface area contributed by atoms with Gasteiger partial charge in [0, 0.05) is 0 Å². The van der Waals surface area contributed by atoms with Crippen molar-refractivity contribution < 1.29 is 41.0 Å².